The van der Waals surface area contributed by atoms with Crippen molar-refractivity contribution in [3.63, 3.8) is 0 Å². The molecule has 10 nitrogen and oxygen atoms in total. The highest BCUT2D eigenvalue weighted by Gasteiger charge is 2.28. The molecule has 1 aromatic carbocycles. The van der Waals surface area contributed by atoms with Crippen molar-refractivity contribution < 1.29 is 32.9 Å². The number of hydrogen-bond donors (Lipinski definition) is 2. The Labute approximate surface area is 197 Å². The zero-order valence-corrected chi connectivity index (χ0v) is 19.7. The lowest BCUT2D eigenvalue weighted by Crippen LogP contribution is -2.52. The summed E-state index contributed by atoms with van der Waals surface area (Å²) in [7, 11) is 0. The number of benzene rings is 1. The van der Waals surface area contributed by atoms with Crippen LogP contribution in [0.3, 0.4) is 0 Å². The Morgan fingerprint density at radius 2 is 1.61 bits per heavy atom. The van der Waals surface area contributed by atoms with E-state index in [1.54, 1.807) is 25.1 Å². The van der Waals surface area contributed by atoms with Gasteiger partial charge in [-0.1, -0.05) is 11.6 Å². The van der Waals surface area contributed by atoms with Crippen LogP contribution in [0.1, 0.15) is 12.5 Å². The lowest BCUT2D eigenvalue weighted by Gasteiger charge is -2.19. The van der Waals surface area contributed by atoms with Crippen molar-refractivity contribution in [2.75, 3.05) is 59.4 Å². The molecule has 184 valence electrons. The molecule has 0 aliphatic carbocycles. The lowest BCUT2D eigenvalue weighted by molar-refractivity contribution is -0.150. The van der Waals surface area contributed by atoms with Crippen LogP contribution in [-0.2, 0) is 23.7 Å². The van der Waals surface area contributed by atoms with E-state index in [-0.39, 0.29) is 24.8 Å². The van der Waals surface area contributed by atoms with E-state index in [0.717, 1.165) is 5.39 Å². The maximum Gasteiger partial charge on any atom is 0.355 e. The maximum atomic E-state index is 11.7. The van der Waals surface area contributed by atoms with E-state index in [1.165, 1.54) is 6.92 Å². The van der Waals surface area contributed by atoms with Gasteiger partial charge in [0.2, 0.25) is 0 Å². The molecule has 0 fully saturated rings. The van der Waals surface area contributed by atoms with Gasteiger partial charge in [0.25, 0.3) is 0 Å². The van der Waals surface area contributed by atoms with Crippen molar-refractivity contribution in [2.45, 2.75) is 19.4 Å². The fourth-order valence-electron chi connectivity index (χ4n) is 2.60. The van der Waals surface area contributed by atoms with Crippen molar-refractivity contribution in [1.29, 1.82) is 0 Å². The highest BCUT2D eigenvalue weighted by molar-refractivity contribution is 6.31. The molecular weight excluding hydrogens is 456 g/mol. The van der Waals surface area contributed by atoms with Crippen LogP contribution in [0.5, 0.6) is 5.75 Å². The van der Waals surface area contributed by atoms with Crippen LogP contribution in [0.15, 0.2) is 27.4 Å². The van der Waals surface area contributed by atoms with Crippen molar-refractivity contribution >= 4 is 28.5 Å². The average molecular weight is 487 g/mol. The standard InChI is InChI=1S/C22H31ClN2O8/c1-15-17-4-3-16(13-18(17)33-20(26)19(15)23)31-11-9-29-7-5-28-6-8-30-10-12-32-21(27)22(2,25)14-24/h3-4,13H,5-12,14,24-25H2,1-2H3. The SMILES string of the molecule is Cc1c(Cl)c(=O)oc2cc(OCCOCCOCCOCCOC(=O)C(C)(N)CN)ccc12. The molecule has 1 atom stereocenters. The summed E-state index contributed by atoms with van der Waals surface area (Å²) < 4.78 is 31.9. The van der Waals surface area contributed by atoms with Crippen LogP contribution < -0.4 is 21.8 Å². The zero-order valence-electron chi connectivity index (χ0n) is 18.9. The van der Waals surface area contributed by atoms with Crippen molar-refractivity contribution in [1.82, 2.24) is 0 Å². The number of rotatable bonds is 15. The molecule has 0 aliphatic rings. The van der Waals surface area contributed by atoms with Crippen LogP contribution in [-0.4, -0.2) is 70.9 Å². The fourth-order valence-corrected chi connectivity index (χ4v) is 2.74. The predicted octanol–water partition coefficient (Wildman–Crippen LogP) is 1.40. The third-order valence-electron chi connectivity index (χ3n) is 4.66. The average Bonchev–Trinajstić information content (AvgIpc) is 2.80. The number of esters is 1. The second kappa shape index (κ2) is 13.5. The molecule has 4 N–H and O–H groups in total. The van der Waals surface area contributed by atoms with E-state index in [4.69, 9.17) is 51.2 Å². The van der Waals surface area contributed by atoms with Gasteiger partial charge in [-0.05, 0) is 31.5 Å². The lowest BCUT2D eigenvalue weighted by atomic mass is 10.1. The maximum absolute atomic E-state index is 11.7. The molecule has 11 heteroatoms. The molecule has 33 heavy (non-hydrogen) atoms. The van der Waals surface area contributed by atoms with Gasteiger partial charge in [-0.15, -0.1) is 0 Å². The number of halogens is 1. The zero-order chi connectivity index (χ0) is 24.3. The monoisotopic (exact) mass is 486 g/mol. The van der Waals surface area contributed by atoms with Gasteiger partial charge in [0.15, 0.2) is 0 Å². The summed E-state index contributed by atoms with van der Waals surface area (Å²) in [6.45, 7) is 5.89. The van der Waals surface area contributed by atoms with Gasteiger partial charge in [-0.2, -0.15) is 0 Å². The van der Waals surface area contributed by atoms with Gasteiger partial charge in [-0.25, -0.2) is 4.79 Å². The van der Waals surface area contributed by atoms with Crippen LogP contribution in [0.25, 0.3) is 11.0 Å². The molecule has 2 rings (SSSR count). The van der Waals surface area contributed by atoms with Crippen LogP contribution in [0.2, 0.25) is 5.02 Å². The molecule has 1 heterocycles. The van der Waals surface area contributed by atoms with E-state index in [1.807, 2.05) is 0 Å². The summed E-state index contributed by atoms with van der Waals surface area (Å²) >= 11 is 5.92. The minimum absolute atomic E-state index is 0.00708. The first-order valence-electron chi connectivity index (χ1n) is 10.5. The van der Waals surface area contributed by atoms with Gasteiger partial charge in [0, 0.05) is 18.0 Å². The second-order valence-electron chi connectivity index (χ2n) is 7.43. The van der Waals surface area contributed by atoms with E-state index in [0.29, 0.717) is 56.5 Å². The number of aryl methyl sites for hydroxylation is 1. The molecule has 1 unspecified atom stereocenters. The number of carbonyl (C=O) groups excluding carboxylic acids is 1. The predicted molar refractivity (Wildman–Crippen MR) is 123 cm³/mol. The minimum atomic E-state index is -1.19. The number of nitrogens with two attached hydrogens (primary N) is 2. The van der Waals surface area contributed by atoms with E-state index >= 15 is 0 Å². The van der Waals surface area contributed by atoms with Gasteiger partial charge >= 0.3 is 11.6 Å². The Hall–Kier alpha value is -2.21. The topological polar surface area (TPSA) is 145 Å². The quantitative estimate of drug-likeness (QED) is 0.215. The summed E-state index contributed by atoms with van der Waals surface area (Å²) in [6.07, 6.45) is 0. The summed E-state index contributed by atoms with van der Waals surface area (Å²) in [5.41, 5.74) is 10.4. The smallest absolute Gasteiger partial charge is 0.355 e. The summed E-state index contributed by atoms with van der Waals surface area (Å²) in [5, 5.41) is 0.845. The molecule has 2 aromatic rings. The first-order valence-corrected chi connectivity index (χ1v) is 10.9. The number of hydrogen-bond acceptors (Lipinski definition) is 10. The summed E-state index contributed by atoms with van der Waals surface area (Å²) in [6, 6.07) is 5.23. The Morgan fingerprint density at radius 1 is 1.03 bits per heavy atom. The van der Waals surface area contributed by atoms with E-state index in [9.17, 15) is 9.59 Å². The normalized spacial score (nSPS) is 13.1. The number of fused-ring (bicyclic) bond motifs is 1. The van der Waals surface area contributed by atoms with Crippen LogP contribution in [0, 0.1) is 6.92 Å². The molecule has 0 saturated carbocycles. The molecule has 1 aromatic heterocycles. The van der Waals surface area contributed by atoms with Crippen molar-refractivity contribution in [3.8, 4) is 5.75 Å². The Balaban J connectivity index is 1.49. The molecule has 0 amide bonds. The molecule has 0 radical (unpaired) electrons. The molecule has 0 aliphatic heterocycles. The van der Waals surface area contributed by atoms with E-state index < -0.39 is 17.1 Å². The first-order chi connectivity index (χ1) is 15.8. The van der Waals surface area contributed by atoms with Crippen molar-refractivity contribution in [3.05, 3.63) is 39.2 Å². The Bertz CT molecular complexity index is 963. The summed E-state index contributed by atoms with van der Waals surface area (Å²) in [5.74, 6) is 0.00682. The Kier molecular flexibility index (Phi) is 11.0. The number of carbonyl (C=O) groups is 1. The molecular formula is C22H31ClN2O8. The second-order valence-corrected chi connectivity index (χ2v) is 7.81. The highest BCUT2D eigenvalue weighted by Crippen LogP contribution is 2.25. The fraction of sp³-hybridized carbons (Fsp3) is 0.545. The van der Waals surface area contributed by atoms with Gasteiger partial charge in [0.05, 0.1) is 39.6 Å². The Morgan fingerprint density at radius 3 is 2.21 bits per heavy atom. The highest BCUT2D eigenvalue weighted by atomic mass is 35.5. The third-order valence-corrected chi connectivity index (χ3v) is 5.10. The number of ether oxygens (including phenoxy) is 5. The molecule has 0 bridgehead atoms. The van der Waals surface area contributed by atoms with Crippen LogP contribution in [0.4, 0.5) is 0 Å². The third kappa shape index (κ3) is 8.58. The minimum Gasteiger partial charge on any atom is -0.491 e. The largest absolute Gasteiger partial charge is 0.491 e. The first kappa shape index (κ1) is 27.0. The molecule has 0 saturated heterocycles. The summed E-state index contributed by atoms with van der Waals surface area (Å²) in [4.78, 5) is 23.3. The van der Waals surface area contributed by atoms with Gasteiger partial charge in [-0.3, -0.25) is 4.79 Å². The van der Waals surface area contributed by atoms with Crippen molar-refractivity contribution in [2.24, 2.45) is 11.5 Å². The van der Waals surface area contributed by atoms with Crippen LogP contribution >= 0.6 is 11.6 Å². The van der Waals surface area contributed by atoms with Gasteiger partial charge < -0.3 is 39.6 Å². The van der Waals surface area contributed by atoms with Gasteiger partial charge in [0.1, 0.15) is 35.1 Å². The molecule has 0 spiro atoms. The van der Waals surface area contributed by atoms with E-state index in [2.05, 4.69) is 0 Å².